The zero-order valence-corrected chi connectivity index (χ0v) is 11.4. The molecule has 1 fully saturated rings. The molecule has 2 heteroatoms. The summed E-state index contributed by atoms with van der Waals surface area (Å²) in [6.45, 7) is 10.4. The van der Waals surface area contributed by atoms with Crippen molar-refractivity contribution in [1.82, 2.24) is 4.90 Å². The minimum Gasteiger partial charge on any atom is -0.389 e. The van der Waals surface area contributed by atoms with Crippen molar-refractivity contribution in [3.63, 3.8) is 0 Å². The third-order valence-electron chi connectivity index (χ3n) is 3.45. The maximum absolute atomic E-state index is 10.3. The Kier molecular flexibility index (Phi) is 2.83. The Balaban J connectivity index is 2.29. The molecule has 1 aliphatic rings. The molecule has 0 spiro atoms. The SMILES string of the molecule is CC(C)(O)[C@H]1[C@@H](c2ccccc2)N1C(C)(C)C. The van der Waals surface area contributed by atoms with Crippen molar-refractivity contribution in [3.05, 3.63) is 35.9 Å². The summed E-state index contributed by atoms with van der Waals surface area (Å²) in [6.07, 6.45) is 0. The first kappa shape index (κ1) is 12.6. The van der Waals surface area contributed by atoms with Crippen LogP contribution < -0.4 is 0 Å². The van der Waals surface area contributed by atoms with Crippen LogP contribution in [0.5, 0.6) is 0 Å². The first-order valence-electron chi connectivity index (χ1n) is 6.28. The number of hydrogen-bond acceptors (Lipinski definition) is 2. The summed E-state index contributed by atoms with van der Waals surface area (Å²) in [5.74, 6) is 0. The van der Waals surface area contributed by atoms with E-state index >= 15 is 0 Å². The monoisotopic (exact) mass is 233 g/mol. The van der Waals surface area contributed by atoms with Crippen LogP contribution in [0.15, 0.2) is 30.3 Å². The second kappa shape index (κ2) is 3.82. The van der Waals surface area contributed by atoms with Crippen LogP contribution in [0.2, 0.25) is 0 Å². The van der Waals surface area contributed by atoms with Crippen LogP contribution in [0.3, 0.4) is 0 Å². The molecule has 1 saturated heterocycles. The zero-order chi connectivity index (χ0) is 12.8. The van der Waals surface area contributed by atoms with Gasteiger partial charge in [0.2, 0.25) is 0 Å². The average Bonchev–Trinajstić information content (AvgIpc) is 2.92. The van der Waals surface area contributed by atoms with Gasteiger partial charge in [0.1, 0.15) is 0 Å². The first-order valence-corrected chi connectivity index (χ1v) is 6.28. The molecule has 1 aromatic rings. The topological polar surface area (TPSA) is 23.2 Å². The molecule has 0 aromatic heterocycles. The number of benzene rings is 1. The van der Waals surface area contributed by atoms with E-state index in [4.69, 9.17) is 0 Å². The van der Waals surface area contributed by atoms with E-state index in [9.17, 15) is 5.11 Å². The molecule has 1 N–H and O–H groups in total. The summed E-state index contributed by atoms with van der Waals surface area (Å²) in [6, 6.07) is 11.0. The Labute approximate surface area is 104 Å². The minimum absolute atomic E-state index is 0.0885. The summed E-state index contributed by atoms with van der Waals surface area (Å²) in [4.78, 5) is 2.39. The largest absolute Gasteiger partial charge is 0.389 e. The van der Waals surface area contributed by atoms with Crippen molar-refractivity contribution < 1.29 is 5.11 Å². The molecule has 0 radical (unpaired) electrons. The van der Waals surface area contributed by atoms with Crippen molar-refractivity contribution in [2.75, 3.05) is 0 Å². The van der Waals surface area contributed by atoms with Crippen LogP contribution in [0.1, 0.15) is 46.2 Å². The highest BCUT2D eigenvalue weighted by Crippen LogP contribution is 2.52. The molecule has 2 nitrogen and oxygen atoms in total. The Morgan fingerprint density at radius 1 is 1.00 bits per heavy atom. The summed E-state index contributed by atoms with van der Waals surface area (Å²) < 4.78 is 0. The van der Waals surface area contributed by atoms with E-state index in [0.717, 1.165) is 0 Å². The minimum atomic E-state index is -0.659. The van der Waals surface area contributed by atoms with E-state index in [0.29, 0.717) is 6.04 Å². The van der Waals surface area contributed by atoms with Crippen LogP contribution in [-0.4, -0.2) is 27.2 Å². The van der Waals surface area contributed by atoms with Gasteiger partial charge >= 0.3 is 0 Å². The van der Waals surface area contributed by atoms with E-state index in [1.165, 1.54) is 5.56 Å². The summed E-state index contributed by atoms with van der Waals surface area (Å²) in [7, 11) is 0. The number of rotatable bonds is 2. The fourth-order valence-electron chi connectivity index (χ4n) is 2.79. The van der Waals surface area contributed by atoms with Crippen molar-refractivity contribution in [1.29, 1.82) is 0 Å². The quantitative estimate of drug-likeness (QED) is 0.794. The van der Waals surface area contributed by atoms with Gasteiger partial charge in [0.05, 0.1) is 17.7 Å². The van der Waals surface area contributed by atoms with Gasteiger partial charge in [0.25, 0.3) is 0 Å². The number of nitrogens with zero attached hydrogens (tertiary/aromatic N) is 1. The Morgan fingerprint density at radius 2 is 1.53 bits per heavy atom. The molecule has 1 heterocycles. The van der Waals surface area contributed by atoms with Gasteiger partial charge in [-0.3, -0.25) is 4.90 Å². The normalized spacial score (nSPS) is 29.2. The van der Waals surface area contributed by atoms with Crippen LogP contribution in [0.4, 0.5) is 0 Å². The van der Waals surface area contributed by atoms with Crippen molar-refractivity contribution >= 4 is 0 Å². The van der Waals surface area contributed by atoms with Gasteiger partial charge in [-0.25, -0.2) is 0 Å². The lowest BCUT2D eigenvalue weighted by Crippen LogP contribution is -2.36. The summed E-state index contributed by atoms with van der Waals surface area (Å²) >= 11 is 0. The molecular weight excluding hydrogens is 210 g/mol. The Morgan fingerprint density at radius 3 is 1.88 bits per heavy atom. The maximum atomic E-state index is 10.3. The predicted octanol–water partition coefficient (Wildman–Crippen LogP) is 2.98. The van der Waals surface area contributed by atoms with Crippen LogP contribution in [0.25, 0.3) is 0 Å². The lowest BCUT2D eigenvalue weighted by Gasteiger charge is -2.25. The second-order valence-electron chi connectivity index (χ2n) is 6.53. The maximum Gasteiger partial charge on any atom is 0.0765 e. The smallest absolute Gasteiger partial charge is 0.0765 e. The van der Waals surface area contributed by atoms with Gasteiger partial charge in [-0.2, -0.15) is 0 Å². The molecule has 0 saturated carbocycles. The van der Waals surface area contributed by atoms with E-state index in [-0.39, 0.29) is 11.6 Å². The third kappa shape index (κ3) is 2.38. The van der Waals surface area contributed by atoms with Gasteiger partial charge in [-0.1, -0.05) is 30.3 Å². The molecule has 1 aliphatic heterocycles. The van der Waals surface area contributed by atoms with E-state index in [2.05, 4.69) is 49.9 Å². The lowest BCUT2D eigenvalue weighted by atomic mass is 9.99. The fourth-order valence-corrected chi connectivity index (χ4v) is 2.79. The summed E-state index contributed by atoms with van der Waals surface area (Å²) in [5, 5.41) is 10.3. The van der Waals surface area contributed by atoms with E-state index < -0.39 is 5.60 Å². The van der Waals surface area contributed by atoms with Crippen LogP contribution in [-0.2, 0) is 0 Å². The van der Waals surface area contributed by atoms with Crippen molar-refractivity contribution in [2.24, 2.45) is 0 Å². The molecule has 1 unspecified atom stereocenters. The number of hydrogen-bond donors (Lipinski definition) is 1. The molecule has 0 bridgehead atoms. The highest BCUT2D eigenvalue weighted by molar-refractivity contribution is 5.30. The van der Waals surface area contributed by atoms with E-state index in [1.807, 2.05) is 19.9 Å². The fraction of sp³-hybridized carbons (Fsp3) is 0.600. The van der Waals surface area contributed by atoms with Crippen LogP contribution in [0, 0.1) is 0 Å². The average molecular weight is 233 g/mol. The van der Waals surface area contributed by atoms with E-state index in [1.54, 1.807) is 0 Å². The third-order valence-corrected chi connectivity index (χ3v) is 3.45. The Bertz CT molecular complexity index is 366. The van der Waals surface area contributed by atoms with Crippen LogP contribution >= 0.6 is 0 Å². The highest BCUT2D eigenvalue weighted by Gasteiger charge is 2.59. The molecular formula is C15H23NO. The second-order valence-corrected chi connectivity index (χ2v) is 6.53. The van der Waals surface area contributed by atoms with Gasteiger partial charge in [0, 0.05) is 5.54 Å². The van der Waals surface area contributed by atoms with Gasteiger partial charge < -0.3 is 5.11 Å². The molecule has 17 heavy (non-hydrogen) atoms. The van der Waals surface area contributed by atoms with Gasteiger partial charge in [-0.05, 0) is 40.2 Å². The molecule has 0 aliphatic carbocycles. The van der Waals surface area contributed by atoms with Crippen molar-refractivity contribution in [3.8, 4) is 0 Å². The molecule has 94 valence electrons. The van der Waals surface area contributed by atoms with Crippen molar-refractivity contribution in [2.45, 2.75) is 57.8 Å². The molecule has 1 aromatic carbocycles. The van der Waals surface area contributed by atoms with Gasteiger partial charge in [-0.15, -0.1) is 0 Å². The highest BCUT2D eigenvalue weighted by atomic mass is 16.3. The zero-order valence-electron chi connectivity index (χ0n) is 11.4. The summed E-state index contributed by atoms with van der Waals surface area (Å²) in [5.41, 5.74) is 0.730. The standard InChI is InChI=1S/C15H23NO/c1-14(2,3)16-12(13(16)15(4,5)17)11-9-7-6-8-10-11/h6-10,12-13,17H,1-5H3/t12-,13-,16?/m1/s1. The first-order chi connectivity index (χ1) is 7.73. The molecule has 3 atom stereocenters. The molecule has 2 rings (SSSR count). The predicted molar refractivity (Wildman–Crippen MR) is 70.9 cm³/mol. The lowest BCUT2D eigenvalue weighted by molar-refractivity contribution is 0.0531. The number of aliphatic hydroxyl groups is 1. The Hall–Kier alpha value is -0.860. The molecule has 0 amide bonds. The van der Waals surface area contributed by atoms with Gasteiger partial charge in [0.15, 0.2) is 0 Å².